The van der Waals surface area contributed by atoms with E-state index >= 15 is 0 Å². The fourth-order valence-electron chi connectivity index (χ4n) is 3.07. The number of fused-ring (bicyclic) bond motifs is 1. The normalized spacial score (nSPS) is 48.5. The van der Waals surface area contributed by atoms with Gasteiger partial charge in [-0.3, -0.25) is 0 Å². The summed E-state index contributed by atoms with van der Waals surface area (Å²) in [6.07, 6.45) is 5.87. The summed E-state index contributed by atoms with van der Waals surface area (Å²) in [7, 11) is 0. The highest BCUT2D eigenvalue weighted by atomic mass is 16.3. The van der Waals surface area contributed by atoms with Gasteiger partial charge in [-0.2, -0.15) is 0 Å². The molecule has 1 heterocycles. The number of quaternary nitrogens is 1. The summed E-state index contributed by atoms with van der Waals surface area (Å²) in [4.78, 5) is 0. The number of rotatable bonds is 0. The Balaban J connectivity index is 2.12. The number of piperidine rings is 1. The largest absolute Gasteiger partial charge is 0.389 e. The molecule has 0 aromatic heterocycles. The lowest BCUT2D eigenvalue weighted by Gasteiger charge is -2.45. The Labute approximate surface area is 74.4 Å². The lowest BCUT2D eigenvalue weighted by Crippen LogP contribution is -2.95. The highest BCUT2D eigenvalue weighted by Gasteiger charge is 2.45. The molecule has 0 unspecified atom stereocenters. The van der Waals surface area contributed by atoms with E-state index in [1.54, 1.807) is 0 Å². The van der Waals surface area contributed by atoms with Crippen LogP contribution in [0.4, 0.5) is 0 Å². The Morgan fingerprint density at radius 1 is 1.33 bits per heavy atom. The molecule has 1 saturated heterocycles. The molecule has 2 aliphatic rings. The van der Waals surface area contributed by atoms with Gasteiger partial charge in [0.2, 0.25) is 0 Å². The van der Waals surface area contributed by atoms with Crippen LogP contribution in [0.1, 0.15) is 39.0 Å². The van der Waals surface area contributed by atoms with Crippen LogP contribution >= 0.6 is 0 Å². The maximum absolute atomic E-state index is 10.3. The van der Waals surface area contributed by atoms with E-state index in [0.29, 0.717) is 12.0 Å². The van der Waals surface area contributed by atoms with E-state index in [-0.39, 0.29) is 5.60 Å². The van der Waals surface area contributed by atoms with Crippen molar-refractivity contribution < 1.29 is 10.4 Å². The Hall–Kier alpha value is -0.0800. The molecule has 70 valence electrons. The van der Waals surface area contributed by atoms with Gasteiger partial charge in [0.25, 0.3) is 0 Å². The third-order valence-corrected chi connectivity index (χ3v) is 3.82. The van der Waals surface area contributed by atoms with Crippen LogP contribution in [0.3, 0.4) is 0 Å². The van der Waals surface area contributed by atoms with Crippen molar-refractivity contribution in [3.63, 3.8) is 0 Å². The van der Waals surface area contributed by atoms with Crippen molar-refractivity contribution in [1.82, 2.24) is 0 Å². The number of hydrogen-bond acceptors (Lipinski definition) is 1. The monoisotopic (exact) mass is 170 g/mol. The number of aliphatic hydroxyl groups is 1. The second-order valence-corrected chi connectivity index (χ2v) is 4.59. The first kappa shape index (κ1) is 8.52. The number of nitrogens with two attached hydrogens (primary N) is 1. The van der Waals surface area contributed by atoms with Crippen molar-refractivity contribution in [2.45, 2.75) is 50.7 Å². The molecular weight excluding hydrogens is 150 g/mol. The van der Waals surface area contributed by atoms with E-state index in [0.717, 1.165) is 19.4 Å². The molecule has 0 aromatic rings. The van der Waals surface area contributed by atoms with E-state index in [1.165, 1.54) is 19.3 Å². The average Bonchev–Trinajstić information content (AvgIpc) is 2.04. The molecule has 0 aromatic carbocycles. The van der Waals surface area contributed by atoms with Gasteiger partial charge in [-0.1, -0.05) is 12.8 Å². The molecule has 2 fully saturated rings. The quantitative estimate of drug-likeness (QED) is 0.538. The highest BCUT2D eigenvalue weighted by Crippen LogP contribution is 2.38. The molecule has 12 heavy (non-hydrogen) atoms. The van der Waals surface area contributed by atoms with E-state index in [4.69, 9.17) is 0 Å². The van der Waals surface area contributed by atoms with Crippen LogP contribution < -0.4 is 5.32 Å². The molecule has 0 radical (unpaired) electrons. The SMILES string of the molecule is C[C@@H]1[NH2+]CC[C@@]2(O)CCCC[C@@H]12. The minimum Gasteiger partial charge on any atom is -0.389 e. The predicted octanol–water partition coefficient (Wildman–Crippen LogP) is 0.263. The van der Waals surface area contributed by atoms with Gasteiger partial charge in [-0.25, -0.2) is 0 Å². The standard InChI is InChI=1S/C10H19NO/c1-8-9-4-2-3-5-10(9,12)6-7-11-8/h8-9,11-12H,2-7H2,1H3/p+1/t8-,9-,10-/m0/s1. The van der Waals surface area contributed by atoms with Gasteiger partial charge in [-0.05, 0) is 19.8 Å². The maximum Gasteiger partial charge on any atom is 0.0886 e. The van der Waals surface area contributed by atoms with Crippen LogP contribution in [-0.2, 0) is 0 Å². The first-order valence-corrected chi connectivity index (χ1v) is 5.28. The molecule has 2 rings (SSSR count). The highest BCUT2D eigenvalue weighted by molar-refractivity contribution is 4.93. The van der Waals surface area contributed by atoms with Crippen molar-refractivity contribution in [3.8, 4) is 0 Å². The lowest BCUT2D eigenvalue weighted by molar-refractivity contribution is -0.709. The second-order valence-electron chi connectivity index (χ2n) is 4.59. The molecule has 2 heteroatoms. The Kier molecular flexibility index (Phi) is 2.13. The molecule has 2 nitrogen and oxygen atoms in total. The van der Waals surface area contributed by atoms with Gasteiger partial charge in [0, 0.05) is 12.3 Å². The van der Waals surface area contributed by atoms with E-state index in [1.807, 2.05) is 0 Å². The van der Waals surface area contributed by atoms with Gasteiger partial charge >= 0.3 is 0 Å². The minimum atomic E-state index is -0.285. The zero-order valence-electron chi connectivity index (χ0n) is 7.92. The average molecular weight is 170 g/mol. The Morgan fingerprint density at radius 3 is 2.92 bits per heavy atom. The second kappa shape index (κ2) is 3.00. The zero-order valence-corrected chi connectivity index (χ0v) is 7.92. The summed E-state index contributed by atoms with van der Waals surface area (Å²) in [6, 6.07) is 0.643. The van der Waals surface area contributed by atoms with Crippen LogP contribution in [0, 0.1) is 5.92 Å². The van der Waals surface area contributed by atoms with Crippen LogP contribution in [0.15, 0.2) is 0 Å². The van der Waals surface area contributed by atoms with Gasteiger partial charge in [0.15, 0.2) is 0 Å². The summed E-state index contributed by atoms with van der Waals surface area (Å²) in [5.41, 5.74) is -0.285. The van der Waals surface area contributed by atoms with Gasteiger partial charge in [0.1, 0.15) is 0 Å². The topological polar surface area (TPSA) is 36.8 Å². The van der Waals surface area contributed by atoms with Crippen molar-refractivity contribution in [1.29, 1.82) is 0 Å². The first-order chi connectivity index (χ1) is 5.72. The fraction of sp³-hybridized carbons (Fsp3) is 1.00. The smallest absolute Gasteiger partial charge is 0.0886 e. The van der Waals surface area contributed by atoms with Gasteiger partial charge < -0.3 is 10.4 Å². The molecule has 0 amide bonds. The molecule has 1 aliphatic carbocycles. The number of hydrogen-bond donors (Lipinski definition) is 2. The van der Waals surface area contributed by atoms with Crippen molar-refractivity contribution in [2.75, 3.05) is 6.54 Å². The minimum absolute atomic E-state index is 0.285. The van der Waals surface area contributed by atoms with Crippen molar-refractivity contribution in [3.05, 3.63) is 0 Å². The summed E-state index contributed by atoms with van der Waals surface area (Å²) < 4.78 is 0. The molecule has 1 saturated carbocycles. The van der Waals surface area contributed by atoms with Gasteiger partial charge in [0.05, 0.1) is 18.2 Å². The molecular formula is C10H20NO+. The maximum atomic E-state index is 10.3. The molecule has 1 aliphatic heterocycles. The van der Waals surface area contributed by atoms with Crippen molar-refractivity contribution in [2.24, 2.45) is 5.92 Å². The molecule has 0 bridgehead atoms. The summed E-state index contributed by atoms with van der Waals surface area (Å²) in [6.45, 7) is 3.38. The Morgan fingerprint density at radius 2 is 2.17 bits per heavy atom. The van der Waals surface area contributed by atoms with Crippen molar-refractivity contribution >= 4 is 0 Å². The first-order valence-electron chi connectivity index (χ1n) is 5.28. The third kappa shape index (κ3) is 1.27. The van der Waals surface area contributed by atoms with Crippen LogP contribution in [0.5, 0.6) is 0 Å². The molecule has 3 N–H and O–H groups in total. The molecule has 0 spiro atoms. The Bertz CT molecular complexity index is 167. The van der Waals surface area contributed by atoms with E-state index in [2.05, 4.69) is 12.2 Å². The zero-order chi connectivity index (χ0) is 8.60. The van der Waals surface area contributed by atoms with E-state index < -0.39 is 0 Å². The summed E-state index contributed by atoms with van der Waals surface area (Å²) in [5, 5.41) is 12.7. The van der Waals surface area contributed by atoms with Crippen LogP contribution in [0.25, 0.3) is 0 Å². The van der Waals surface area contributed by atoms with Crippen LogP contribution in [-0.4, -0.2) is 23.3 Å². The third-order valence-electron chi connectivity index (χ3n) is 3.82. The lowest BCUT2D eigenvalue weighted by atomic mass is 9.68. The van der Waals surface area contributed by atoms with Crippen LogP contribution in [0.2, 0.25) is 0 Å². The van der Waals surface area contributed by atoms with E-state index in [9.17, 15) is 5.11 Å². The summed E-state index contributed by atoms with van der Waals surface area (Å²) in [5.74, 6) is 0.569. The summed E-state index contributed by atoms with van der Waals surface area (Å²) >= 11 is 0. The molecule has 3 atom stereocenters. The predicted molar refractivity (Wildman–Crippen MR) is 47.8 cm³/mol. The fourth-order valence-corrected chi connectivity index (χ4v) is 3.07. The van der Waals surface area contributed by atoms with Gasteiger partial charge in [-0.15, -0.1) is 0 Å².